The molecule has 0 aliphatic rings. The number of rotatable bonds is 3. The molecule has 21 heavy (non-hydrogen) atoms. The molecule has 0 bridgehead atoms. The van der Waals surface area contributed by atoms with E-state index in [1.807, 2.05) is 0 Å². The number of benzene rings is 2. The van der Waals surface area contributed by atoms with Crippen molar-refractivity contribution in [3.05, 3.63) is 71.1 Å². The molecule has 1 N–H and O–H groups in total. The maximum atomic E-state index is 9.39. The van der Waals surface area contributed by atoms with Gasteiger partial charge >= 0.3 is 0 Å². The summed E-state index contributed by atoms with van der Waals surface area (Å²) >= 11 is 0. The lowest BCUT2D eigenvalue weighted by Gasteiger charge is -2.06. The molecule has 102 valence electrons. The molecule has 0 amide bonds. The van der Waals surface area contributed by atoms with Crippen molar-refractivity contribution >= 4 is 11.3 Å². The Bertz CT molecular complexity index is 745. The molecule has 0 atom stereocenters. The Balaban J connectivity index is 2.56. The largest absolute Gasteiger partial charge is 0.508 e. The minimum absolute atomic E-state index is 0.117. The first-order chi connectivity index (χ1) is 10.2. The Morgan fingerprint density at radius 3 is 2.14 bits per heavy atom. The molecule has 2 aromatic rings. The first-order valence-corrected chi connectivity index (χ1v) is 6.15. The number of ether oxygens (including phenoxy) is 1. The van der Waals surface area contributed by atoms with Crippen LogP contribution >= 0.6 is 0 Å². The molecule has 0 aliphatic heterocycles. The standard InChI is InChI=1S/C17H12N2O2/c1-19-17(13-3-7-14(20)8-4-13)16(11-18)12-5-9-15(21-2)10-6-12/h3-10,20H,2H3. The summed E-state index contributed by atoms with van der Waals surface area (Å²) in [6.07, 6.45) is 0. The number of nitrogens with zero attached hydrogens (tertiary/aromatic N) is 2. The third-order valence-corrected chi connectivity index (χ3v) is 2.98. The smallest absolute Gasteiger partial charge is 0.212 e. The van der Waals surface area contributed by atoms with Crippen molar-refractivity contribution in [3.8, 4) is 17.6 Å². The summed E-state index contributed by atoms with van der Waals surface area (Å²) in [5, 5.41) is 18.7. The van der Waals surface area contributed by atoms with Crippen molar-refractivity contribution in [2.75, 3.05) is 7.11 Å². The third-order valence-electron chi connectivity index (χ3n) is 2.98. The van der Waals surface area contributed by atoms with E-state index in [2.05, 4.69) is 10.9 Å². The van der Waals surface area contributed by atoms with Crippen LogP contribution < -0.4 is 4.74 Å². The van der Waals surface area contributed by atoms with Gasteiger partial charge in [0.25, 0.3) is 0 Å². The number of aromatic hydroxyl groups is 1. The molecule has 4 heteroatoms. The predicted molar refractivity (Wildman–Crippen MR) is 80.1 cm³/mol. The molecule has 0 heterocycles. The van der Waals surface area contributed by atoms with Crippen molar-refractivity contribution in [2.45, 2.75) is 0 Å². The summed E-state index contributed by atoms with van der Waals surface area (Å²) < 4.78 is 5.08. The number of phenolic OH excluding ortho intramolecular Hbond substituents is 1. The summed E-state index contributed by atoms with van der Waals surface area (Å²) in [7, 11) is 1.57. The van der Waals surface area contributed by atoms with Gasteiger partial charge in [-0.1, -0.05) is 24.3 Å². The van der Waals surface area contributed by atoms with E-state index in [1.165, 1.54) is 12.1 Å². The second-order valence-electron chi connectivity index (χ2n) is 4.22. The van der Waals surface area contributed by atoms with Crippen molar-refractivity contribution in [2.24, 2.45) is 0 Å². The molecule has 4 nitrogen and oxygen atoms in total. The molecule has 0 radical (unpaired) electrons. The van der Waals surface area contributed by atoms with E-state index in [4.69, 9.17) is 11.3 Å². The average Bonchev–Trinajstić information content (AvgIpc) is 2.54. The minimum Gasteiger partial charge on any atom is -0.508 e. The first kappa shape index (κ1) is 14.2. The SMILES string of the molecule is [C-]#[N+]C(=C(C#N)c1ccc(OC)cc1)c1ccc(O)cc1. The second kappa shape index (κ2) is 6.27. The maximum absolute atomic E-state index is 9.39. The molecule has 0 saturated carbocycles. The van der Waals surface area contributed by atoms with Crippen LogP contribution in [0.3, 0.4) is 0 Å². The fourth-order valence-electron chi connectivity index (χ4n) is 1.90. The Labute approximate surface area is 123 Å². The number of phenols is 1. The Kier molecular flexibility index (Phi) is 4.23. The van der Waals surface area contributed by atoms with Crippen LogP contribution in [0.25, 0.3) is 16.1 Å². The molecular weight excluding hydrogens is 264 g/mol. The van der Waals surface area contributed by atoms with Gasteiger partial charge in [-0.2, -0.15) is 5.26 Å². The van der Waals surface area contributed by atoms with E-state index in [0.29, 0.717) is 22.4 Å². The van der Waals surface area contributed by atoms with Gasteiger partial charge in [0.1, 0.15) is 11.5 Å². The quantitative estimate of drug-likeness (QED) is 0.528. The van der Waals surface area contributed by atoms with Gasteiger partial charge in [0.15, 0.2) is 0 Å². The molecule has 0 spiro atoms. The van der Waals surface area contributed by atoms with E-state index in [0.717, 1.165) is 0 Å². The Morgan fingerprint density at radius 1 is 1.10 bits per heavy atom. The van der Waals surface area contributed by atoms with E-state index < -0.39 is 0 Å². The van der Waals surface area contributed by atoms with Gasteiger partial charge in [0.2, 0.25) is 5.70 Å². The minimum atomic E-state index is 0.117. The van der Waals surface area contributed by atoms with Crippen LogP contribution in [-0.2, 0) is 0 Å². The van der Waals surface area contributed by atoms with Crippen LogP contribution in [0.4, 0.5) is 0 Å². The van der Waals surface area contributed by atoms with Gasteiger partial charge in [-0.05, 0) is 35.4 Å². The van der Waals surface area contributed by atoms with Gasteiger partial charge in [-0.3, -0.25) is 0 Å². The average molecular weight is 276 g/mol. The van der Waals surface area contributed by atoms with Crippen LogP contribution in [0.15, 0.2) is 48.5 Å². The molecule has 0 unspecified atom stereocenters. The predicted octanol–water partition coefficient (Wildman–Crippen LogP) is 3.71. The fourth-order valence-corrected chi connectivity index (χ4v) is 1.90. The van der Waals surface area contributed by atoms with Crippen molar-refractivity contribution in [3.63, 3.8) is 0 Å². The fraction of sp³-hybridized carbons (Fsp3) is 0.0588. The zero-order chi connectivity index (χ0) is 15.2. The van der Waals surface area contributed by atoms with E-state index in [1.54, 1.807) is 43.5 Å². The molecular formula is C17H12N2O2. The highest BCUT2D eigenvalue weighted by Crippen LogP contribution is 2.29. The monoisotopic (exact) mass is 276 g/mol. The highest BCUT2D eigenvalue weighted by atomic mass is 16.5. The van der Waals surface area contributed by atoms with Gasteiger partial charge in [-0.15, -0.1) is 0 Å². The van der Waals surface area contributed by atoms with Crippen LogP contribution in [0, 0.1) is 17.9 Å². The normalized spacial score (nSPS) is 11.0. The first-order valence-electron chi connectivity index (χ1n) is 6.15. The number of hydrogen-bond donors (Lipinski definition) is 1. The van der Waals surface area contributed by atoms with Crippen LogP contribution in [0.2, 0.25) is 0 Å². The van der Waals surface area contributed by atoms with Crippen LogP contribution in [0.1, 0.15) is 11.1 Å². The van der Waals surface area contributed by atoms with Gasteiger partial charge in [0, 0.05) is 0 Å². The van der Waals surface area contributed by atoms with E-state index in [9.17, 15) is 10.4 Å². The summed E-state index contributed by atoms with van der Waals surface area (Å²) in [5.41, 5.74) is 1.79. The lowest BCUT2D eigenvalue weighted by Crippen LogP contribution is -1.89. The number of nitriles is 1. The zero-order valence-electron chi connectivity index (χ0n) is 11.4. The van der Waals surface area contributed by atoms with Crippen LogP contribution in [0.5, 0.6) is 11.5 Å². The summed E-state index contributed by atoms with van der Waals surface area (Å²) in [6.45, 7) is 7.34. The summed E-state index contributed by atoms with van der Waals surface area (Å²) in [5.74, 6) is 0.802. The number of hydrogen-bond acceptors (Lipinski definition) is 3. The highest BCUT2D eigenvalue weighted by molar-refractivity contribution is 5.99. The van der Waals surface area contributed by atoms with Gasteiger partial charge in [-0.25, -0.2) is 4.85 Å². The summed E-state index contributed by atoms with van der Waals surface area (Å²) in [4.78, 5) is 3.47. The number of allylic oxidation sites excluding steroid dienone is 1. The van der Waals surface area contributed by atoms with Gasteiger partial charge < -0.3 is 9.84 Å². The third kappa shape index (κ3) is 3.02. The molecule has 0 aliphatic carbocycles. The van der Waals surface area contributed by atoms with Crippen molar-refractivity contribution < 1.29 is 9.84 Å². The van der Waals surface area contributed by atoms with E-state index in [-0.39, 0.29) is 11.4 Å². The molecule has 0 fully saturated rings. The molecule has 2 rings (SSSR count). The molecule has 2 aromatic carbocycles. The Morgan fingerprint density at radius 2 is 1.67 bits per heavy atom. The van der Waals surface area contributed by atoms with Gasteiger partial charge in [0.05, 0.1) is 25.3 Å². The lowest BCUT2D eigenvalue weighted by atomic mass is 10.0. The van der Waals surface area contributed by atoms with Crippen LogP contribution in [-0.4, -0.2) is 12.2 Å². The summed E-state index contributed by atoms with van der Waals surface area (Å²) in [6, 6.07) is 15.3. The van der Waals surface area contributed by atoms with E-state index >= 15 is 0 Å². The van der Waals surface area contributed by atoms with Crippen molar-refractivity contribution in [1.82, 2.24) is 0 Å². The van der Waals surface area contributed by atoms with Crippen molar-refractivity contribution in [1.29, 1.82) is 5.26 Å². The zero-order valence-corrected chi connectivity index (χ0v) is 11.4. The second-order valence-corrected chi connectivity index (χ2v) is 4.22. The maximum Gasteiger partial charge on any atom is 0.212 e. The lowest BCUT2D eigenvalue weighted by molar-refractivity contribution is 0.415. The highest BCUT2D eigenvalue weighted by Gasteiger charge is 2.12. The Hall–Kier alpha value is -3.24. The molecule has 0 aromatic heterocycles. The number of methoxy groups -OCH3 is 1. The molecule has 0 saturated heterocycles. The topological polar surface area (TPSA) is 57.6 Å².